The van der Waals surface area contributed by atoms with Gasteiger partial charge in [-0.15, -0.1) is 0 Å². The summed E-state index contributed by atoms with van der Waals surface area (Å²) in [5, 5.41) is 2.78. The molecule has 1 aromatic carbocycles. The Hall–Kier alpha value is -3.05. The molecule has 2 heterocycles. The van der Waals surface area contributed by atoms with E-state index in [1.165, 1.54) is 24.3 Å². The summed E-state index contributed by atoms with van der Waals surface area (Å²) in [5.41, 5.74) is 1.76. The van der Waals surface area contributed by atoms with E-state index in [-0.39, 0.29) is 29.1 Å². The molecule has 2 aromatic rings. The summed E-state index contributed by atoms with van der Waals surface area (Å²) in [4.78, 5) is 36.8. The monoisotopic (exact) mass is 474 g/mol. The van der Waals surface area contributed by atoms with Crippen LogP contribution in [0, 0.1) is 19.8 Å². The number of aromatic nitrogens is 2. The van der Waals surface area contributed by atoms with Gasteiger partial charge in [-0.1, -0.05) is 0 Å². The molecule has 178 valence electrons. The number of sulfonamides is 1. The summed E-state index contributed by atoms with van der Waals surface area (Å²) >= 11 is 0. The molecule has 0 saturated carbocycles. The number of nitrogens with zero attached hydrogens (tertiary/aromatic N) is 4. The number of aryl methyl sites for hydroxylation is 2. The quantitative estimate of drug-likeness (QED) is 0.566. The third-order valence-electron chi connectivity index (χ3n) is 5.26. The van der Waals surface area contributed by atoms with Crippen LogP contribution in [0.3, 0.4) is 0 Å². The number of hydrogen-bond acceptors (Lipinski definition) is 7. The van der Waals surface area contributed by atoms with Gasteiger partial charge < -0.3 is 15.1 Å². The summed E-state index contributed by atoms with van der Waals surface area (Å²) < 4.78 is 27.7. The average molecular weight is 475 g/mol. The number of amides is 2. The van der Waals surface area contributed by atoms with Crippen LogP contribution in [0.15, 0.2) is 35.2 Å². The molecule has 1 aromatic heterocycles. The van der Waals surface area contributed by atoms with Crippen LogP contribution in [-0.2, 0) is 19.6 Å². The molecule has 0 bridgehead atoms. The van der Waals surface area contributed by atoms with Crippen LogP contribution < -0.4 is 10.0 Å². The van der Waals surface area contributed by atoms with Crippen molar-refractivity contribution in [2.75, 3.05) is 43.8 Å². The summed E-state index contributed by atoms with van der Waals surface area (Å²) in [7, 11) is 0.0764. The van der Waals surface area contributed by atoms with Gasteiger partial charge in [0.1, 0.15) is 0 Å². The van der Waals surface area contributed by atoms with Crippen LogP contribution in [0.1, 0.15) is 24.2 Å². The van der Waals surface area contributed by atoms with E-state index >= 15 is 0 Å². The first kappa shape index (κ1) is 24.6. The van der Waals surface area contributed by atoms with Crippen molar-refractivity contribution >= 4 is 33.5 Å². The number of rotatable bonds is 9. The summed E-state index contributed by atoms with van der Waals surface area (Å²) in [6.45, 7) is 5.41. The molecule has 1 aliphatic heterocycles. The molecule has 1 unspecified atom stereocenters. The highest BCUT2D eigenvalue weighted by Crippen LogP contribution is 2.22. The van der Waals surface area contributed by atoms with Gasteiger partial charge in [-0.3, -0.25) is 9.59 Å². The Morgan fingerprint density at radius 2 is 1.79 bits per heavy atom. The van der Waals surface area contributed by atoms with Crippen molar-refractivity contribution in [1.29, 1.82) is 0 Å². The molecule has 2 N–H and O–H groups in total. The fourth-order valence-electron chi connectivity index (χ4n) is 3.65. The van der Waals surface area contributed by atoms with Gasteiger partial charge in [-0.25, -0.2) is 23.1 Å². The highest BCUT2D eigenvalue weighted by atomic mass is 32.2. The van der Waals surface area contributed by atoms with Gasteiger partial charge in [0.15, 0.2) is 0 Å². The number of benzene rings is 1. The fourth-order valence-corrected chi connectivity index (χ4v) is 4.60. The molecule has 11 heteroatoms. The molecule has 10 nitrogen and oxygen atoms in total. The van der Waals surface area contributed by atoms with Crippen LogP contribution in [0.2, 0.25) is 0 Å². The third kappa shape index (κ3) is 6.72. The zero-order valence-corrected chi connectivity index (χ0v) is 20.1. The van der Waals surface area contributed by atoms with Crippen LogP contribution in [0.5, 0.6) is 0 Å². The number of likely N-dealkylation sites (tertiary alicyclic amines) is 1. The van der Waals surface area contributed by atoms with E-state index in [2.05, 4.69) is 24.9 Å². The summed E-state index contributed by atoms with van der Waals surface area (Å²) in [5.74, 6) is -0.694. The first-order valence-electron chi connectivity index (χ1n) is 10.7. The summed E-state index contributed by atoms with van der Waals surface area (Å²) in [6, 6.07) is 7.57. The van der Waals surface area contributed by atoms with Crippen molar-refractivity contribution in [3.63, 3.8) is 0 Å². The van der Waals surface area contributed by atoms with Crippen LogP contribution in [-0.4, -0.2) is 73.7 Å². The number of nitrogens with one attached hydrogen (secondary N) is 2. The molecule has 3 rings (SSSR count). The molecule has 1 aliphatic rings. The molecule has 33 heavy (non-hydrogen) atoms. The maximum Gasteiger partial charge on any atom is 0.264 e. The van der Waals surface area contributed by atoms with Gasteiger partial charge >= 0.3 is 0 Å². The van der Waals surface area contributed by atoms with E-state index in [9.17, 15) is 18.0 Å². The zero-order chi connectivity index (χ0) is 24.2. The second-order valence-corrected chi connectivity index (χ2v) is 10.2. The van der Waals surface area contributed by atoms with Crippen LogP contribution in [0.4, 0.5) is 11.6 Å². The lowest BCUT2D eigenvalue weighted by Gasteiger charge is -2.18. The molecule has 0 radical (unpaired) electrons. The fraction of sp³-hybridized carbons (Fsp3) is 0.455. The number of anilines is 2. The van der Waals surface area contributed by atoms with E-state index in [0.29, 0.717) is 30.2 Å². The van der Waals surface area contributed by atoms with Crippen LogP contribution in [0.25, 0.3) is 0 Å². The lowest BCUT2D eigenvalue weighted by molar-refractivity contribution is -0.128. The second-order valence-electron chi connectivity index (χ2n) is 8.49. The lowest BCUT2D eigenvalue weighted by Crippen LogP contribution is -2.30. The summed E-state index contributed by atoms with van der Waals surface area (Å²) in [6.07, 6.45) is 1.03. The zero-order valence-electron chi connectivity index (χ0n) is 19.3. The minimum Gasteiger partial charge on any atom is -0.342 e. The van der Waals surface area contributed by atoms with Crippen LogP contribution >= 0.6 is 0 Å². The Kier molecular flexibility index (Phi) is 7.65. The maximum atomic E-state index is 12.6. The second kappa shape index (κ2) is 10.3. The predicted octanol–water partition coefficient (Wildman–Crippen LogP) is 1.63. The smallest absolute Gasteiger partial charge is 0.264 e. The maximum absolute atomic E-state index is 12.6. The molecule has 1 saturated heterocycles. The van der Waals surface area contributed by atoms with Gasteiger partial charge in [0.2, 0.25) is 17.8 Å². The van der Waals surface area contributed by atoms with Gasteiger partial charge in [-0.05, 0) is 71.2 Å². The van der Waals surface area contributed by atoms with E-state index < -0.39 is 15.9 Å². The Morgan fingerprint density at radius 1 is 1.15 bits per heavy atom. The number of carbonyl (C=O) groups excluding carboxylic acids is 2. The third-order valence-corrected chi connectivity index (χ3v) is 6.60. The largest absolute Gasteiger partial charge is 0.342 e. The van der Waals surface area contributed by atoms with Crippen molar-refractivity contribution < 1.29 is 18.0 Å². The Morgan fingerprint density at radius 3 is 2.39 bits per heavy atom. The Labute approximate surface area is 194 Å². The standard InChI is InChI=1S/C22H30N6O4S/c1-15-12-16(2)24-22(23-15)26-33(31,32)19-8-6-18(7-9-19)25-21(30)17-13-20(29)28(14-17)11-5-10-27(3)4/h6-9,12,17H,5,10-11,13-14H2,1-4H3,(H,25,30)(H,23,24,26). The van der Waals surface area contributed by atoms with Crippen molar-refractivity contribution in [2.45, 2.75) is 31.6 Å². The van der Waals surface area contributed by atoms with E-state index in [4.69, 9.17) is 0 Å². The average Bonchev–Trinajstić information content (AvgIpc) is 3.08. The van der Waals surface area contributed by atoms with E-state index in [1.54, 1.807) is 24.8 Å². The number of hydrogen-bond donors (Lipinski definition) is 2. The minimum atomic E-state index is -3.88. The normalized spacial score (nSPS) is 16.3. The van der Waals surface area contributed by atoms with E-state index in [0.717, 1.165) is 13.0 Å². The van der Waals surface area contributed by atoms with Crippen molar-refractivity contribution in [3.05, 3.63) is 41.7 Å². The van der Waals surface area contributed by atoms with E-state index in [1.807, 2.05) is 14.1 Å². The number of carbonyl (C=O) groups is 2. The van der Waals surface area contributed by atoms with Crippen molar-refractivity contribution in [3.8, 4) is 0 Å². The van der Waals surface area contributed by atoms with Crippen molar-refractivity contribution in [1.82, 2.24) is 19.8 Å². The molecule has 0 spiro atoms. The molecule has 2 amide bonds. The van der Waals surface area contributed by atoms with Gasteiger partial charge in [0.05, 0.1) is 10.8 Å². The topological polar surface area (TPSA) is 125 Å². The molecule has 1 atom stereocenters. The highest BCUT2D eigenvalue weighted by Gasteiger charge is 2.34. The predicted molar refractivity (Wildman–Crippen MR) is 125 cm³/mol. The van der Waals surface area contributed by atoms with Crippen molar-refractivity contribution in [2.24, 2.45) is 5.92 Å². The SMILES string of the molecule is Cc1cc(C)nc(NS(=O)(=O)c2ccc(NC(=O)C3CC(=O)N(CCCN(C)C)C3)cc2)n1. The molecular formula is C22H30N6O4S. The van der Waals surface area contributed by atoms with Gasteiger partial charge in [0, 0.05) is 36.6 Å². The lowest BCUT2D eigenvalue weighted by atomic mass is 10.1. The molecule has 1 fully saturated rings. The van der Waals surface area contributed by atoms with Gasteiger partial charge in [0.25, 0.3) is 10.0 Å². The minimum absolute atomic E-state index is 0.00548. The molecular weight excluding hydrogens is 444 g/mol. The Bertz CT molecular complexity index is 1100. The first-order valence-corrected chi connectivity index (χ1v) is 12.2. The van der Waals surface area contributed by atoms with Gasteiger partial charge in [-0.2, -0.15) is 0 Å². The first-order chi connectivity index (χ1) is 15.5. The Balaban J connectivity index is 1.59. The molecule has 0 aliphatic carbocycles. The highest BCUT2D eigenvalue weighted by molar-refractivity contribution is 7.92.